The molecule has 1 aromatic carbocycles. The normalized spacial score (nSPS) is 11.2. The molecule has 0 atom stereocenters. The average molecular weight is 311 g/mol. The van der Waals surface area contributed by atoms with Gasteiger partial charge in [0.1, 0.15) is 17.1 Å². The first-order valence-corrected chi connectivity index (χ1v) is 8.01. The highest BCUT2D eigenvalue weighted by Crippen LogP contribution is 2.26. The number of fused-ring (bicyclic) bond motifs is 1. The molecule has 1 heterocycles. The van der Waals surface area contributed by atoms with Gasteiger partial charge in [0.25, 0.3) is 0 Å². The first-order valence-electron chi connectivity index (χ1n) is 7.47. The Labute approximate surface area is 131 Å². The number of hydrogen-bond donors (Lipinski definition) is 0. The number of unbranched alkanes of at least 4 members (excludes halogenated alkanes) is 1. The van der Waals surface area contributed by atoms with E-state index in [1.165, 1.54) is 0 Å². The highest BCUT2D eigenvalue weighted by Gasteiger charge is 2.13. The molecule has 0 amide bonds. The van der Waals surface area contributed by atoms with Crippen LogP contribution in [0.2, 0.25) is 0 Å². The van der Waals surface area contributed by atoms with Gasteiger partial charge in [-0.15, -0.1) is 11.6 Å². The van der Waals surface area contributed by atoms with Gasteiger partial charge in [0.05, 0.1) is 19.2 Å². The van der Waals surface area contributed by atoms with E-state index in [2.05, 4.69) is 22.5 Å². The van der Waals surface area contributed by atoms with Crippen LogP contribution >= 0.6 is 11.6 Å². The first kappa shape index (κ1) is 16.1. The molecule has 0 saturated carbocycles. The summed E-state index contributed by atoms with van der Waals surface area (Å²) in [6.45, 7) is 4.46. The Balaban J connectivity index is 2.20. The lowest BCUT2D eigenvalue weighted by Crippen LogP contribution is -2.10. The van der Waals surface area contributed by atoms with E-state index in [9.17, 15) is 0 Å². The molecule has 0 fully saturated rings. The summed E-state index contributed by atoms with van der Waals surface area (Å²) in [5, 5.41) is 0. The quantitative estimate of drug-likeness (QED) is 0.524. The minimum absolute atomic E-state index is 0.558. The molecule has 2 aromatic rings. The van der Waals surface area contributed by atoms with E-state index >= 15 is 0 Å². The van der Waals surface area contributed by atoms with Crippen LogP contribution in [0.25, 0.3) is 11.0 Å². The standard InChI is InChI=1S/C16H23ClN2O2/c1-3-4-11-21-12-10-19-13-6-5-7-14(20-2)16(13)18-15(19)8-9-17/h5-7H,3-4,8-12H2,1-2H3. The Morgan fingerprint density at radius 1 is 1.29 bits per heavy atom. The second-order valence-electron chi connectivity index (χ2n) is 4.91. The maximum absolute atomic E-state index is 5.90. The molecule has 116 valence electrons. The number of ether oxygens (including phenoxy) is 2. The fourth-order valence-corrected chi connectivity index (χ4v) is 2.53. The third kappa shape index (κ3) is 3.89. The van der Waals surface area contributed by atoms with Crippen molar-refractivity contribution in [3.05, 3.63) is 24.0 Å². The summed E-state index contributed by atoms with van der Waals surface area (Å²) in [5.74, 6) is 2.35. The van der Waals surface area contributed by atoms with Crippen LogP contribution in [0.15, 0.2) is 18.2 Å². The maximum atomic E-state index is 5.90. The van der Waals surface area contributed by atoms with Gasteiger partial charge in [0.15, 0.2) is 0 Å². The van der Waals surface area contributed by atoms with Crippen LogP contribution in [0.1, 0.15) is 25.6 Å². The lowest BCUT2D eigenvalue weighted by molar-refractivity contribution is 0.123. The number of halogens is 1. The van der Waals surface area contributed by atoms with Crippen LogP contribution in [-0.2, 0) is 17.7 Å². The average Bonchev–Trinajstić information content (AvgIpc) is 2.85. The van der Waals surface area contributed by atoms with Crippen molar-refractivity contribution in [2.75, 3.05) is 26.2 Å². The summed E-state index contributed by atoms with van der Waals surface area (Å²) in [7, 11) is 1.67. The summed E-state index contributed by atoms with van der Waals surface area (Å²) >= 11 is 5.90. The lowest BCUT2D eigenvalue weighted by Gasteiger charge is -2.09. The number of nitrogens with zero attached hydrogens (tertiary/aromatic N) is 2. The summed E-state index contributed by atoms with van der Waals surface area (Å²) in [6, 6.07) is 5.98. The molecule has 0 aliphatic heterocycles. The third-order valence-corrected chi connectivity index (χ3v) is 3.65. The van der Waals surface area contributed by atoms with Gasteiger partial charge < -0.3 is 14.0 Å². The van der Waals surface area contributed by atoms with Crippen LogP contribution in [0.3, 0.4) is 0 Å². The molecule has 2 rings (SSSR count). The topological polar surface area (TPSA) is 36.3 Å². The van der Waals surface area contributed by atoms with Gasteiger partial charge >= 0.3 is 0 Å². The highest BCUT2D eigenvalue weighted by atomic mass is 35.5. The zero-order valence-electron chi connectivity index (χ0n) is 12.8. The third-order valence-electron chi connectivity index (χ3n) is 3.46. The molecule has 5 heteroatoms. The summed E-state index contributed by atoms with van der Waals surface area (Å²) in [4.78, 5) is 4.69. The van der Waals surface area contributed by atoms with Gasteiger partial charge in [-0.1, -0.05) is 19.4 Å². The second-order valence-corrected chi connectivity index (χ2v) is 5.29. The van der Waals surface area contributed by atoms with E-state index in [1.54, 1.807) is 7.11 Å². The van der Waals surface area contributed by atoms with E-state index in [1.807, 2.05) is 12.1 Å². The van der Waals surface area contributed by atoms with Crippen molar-refractivity contribution in [3.8, 4) is 5.75 Å². The van der Waals surface area contributed by atoms with Crippen LogP contribution in [0.5, 0.6) is 5.75 Å². The molecule has 0 spiro atoms. The highest BCUT2D eigenvalue weighted by molar-refractivity contribution is 6.17. The van der Waals surface area contributed by atoms with Crippen molar-refractivity contribution in [1.29, 1.82) is 0 Å². The molecule has 4 nitrogen and oxygen atoms in total. The number of aromatic nitrogens is 2. The van der Waals surface area contributed by atoms with Gasteiger partial charge in [-0.25, -0.2) is 4.98 Å². The number of hydrogen-bond acceptors (Lipinski definition) is 3. The van der Waals surface area contributed by atoms with Crippen LogP contribution < -0.4 is 4.74 Å². The fraction of sp³-hybridized carbons (Fsp3) is 0.562. The van der Waals surface area contributed by atoms with Crippen LogP contribution in [0, 0.1) is 0 Å². The molecule has 0 aliphatic rings. The van der Waals surface area contributed by atoms with E-state index in [-0.39, 0.29) is 0 Å². The number of aryl methyl sites for hydroxylation is 1. The molecule has 0 radical (unpaired) electrons. The van der Waals surface area contributed by atoms with Gasteiger partial charge in [0.2, 0.25) is 0 Å². The van der Waals surface area contributed by atoms with Crippen molar-refractivity contribution < 1.29 is 9.47 Å². The number of para-hydroxylation sites is 1. The fourth-order valence-electron chi connectivity index (χ4n) is 2.36. The molecule has 0 unspecified atom stereocenters. The monoisotopic (exact) mass is 310 g/mol. The molecular formula is C16H23ClN2O2. The van der Waals surface area contributed by atoms with Crippen molar-refractivity contribution in [1.82, 2.24) is 9.55 Å². The molecule has 0 aliphatic carbocycles. The number of methoxy groups -OCH3 is 1. The van der Waals surface area contributed by atoms with Crippen LogP contribution in [-0.4, -0.2) is 35.8 Å². The zero-order chi connectivity index (χ0) is 15.1. The van der Waals surface area contributed by atoms with E-state index in [0.29, 0.717) is 12.5 Å². The Bertz CT molecular complexity index is 569. The predicted molar refractivity (Wildman–Crippen MR) is 86.4 cm³/mol. The number of imidazole rings is 1. The van der Waals surface area contributed by atoms with Gasteiger partial charge in [0, 0.05) is 25.5 Å². The van der Waals surface area contributed by atoms with E-state index < -0.39 is 0 Å². The Morgan fingerprint density at radius 2 is 2.14 bits per heavy atom. The largest absolute Gasteiger partial charge is 0.494 e. The minimum Gasteiger partial charge on any atom is -0.494 e. The molecular weight excluding hydrogens is 288 g/mol. The van der Waals surface area contributed by atoms with Crippen molar-refractivity contribution in [2.24, 2.45) is 0 Å². The molecule has 0 bridgehead atoms. The van der Waals surface area contributed by atoms with Crippen molar-refractivity contribution in [2.45, 2.75) is 32.7 Å². The summed E-state index contributed by atoms with van der Waals surface area (Å²) < 4.78 is 13.3. The summed E-state index contributed by atoms with van der Waals surface area (Å²) in [6.07, 6.45) is 3.00. The second kappa shape index (κ2) is 8.25. The Kier molecular flexibility index (Phi) is 6.33. The van der Waals surface area contributed by atoms with Gasteiger partial charge in [-0.3, -0.25) is 0 Å². The van der Waals surface area contributed by atoms with Crippen molar-refractivity contribution in [3.63, 3.8) is 0 Å². The van der Waals surface area contributed by atoms with E-state index in [0.717, 1.165) is 55.0 Å². The molecule has 21 heavy (non-hydrogen) atoms. The predicted octanol–water partition coefficient (Wildman–Crippen LogP) is 3.64. The smallest absolute Gasteiger partial charge is 0.146 e. The van der Waals surface area contributed by atoms with Crippen LogP contribution in [0.4, 0.5) is 0 Å². The first-order chi connectivity index (χ1) is 10.3. The lowest BCUT2D eigenvalue weighted by atomic mass is 10.3. The minimum atomic E-state index is 0.558. The number of rotatable bonds is 9. The molecule has 1 aromatic heterocycles. The molecule has 0 N–H and O–H groups in total. The zero-order valence-corrected chi connectivity index (χ0v) is 13.5. The summed E-state index contributed by atoms with van der Waals surface area (Å²) in [5.41, 5.74) is 1.97. The number of benzene rings is 1. The van der Waals surface area contributed by atoms with Gasteiger partial charge in [-0.2, -0.15) is 0 Å². The SMILES string of the molecule is CCCCOCCn1c(CCCl)nc2c(OC)cccc21. The Morgan fingerprint density at radius 3 is 2.86 bits per heavy atom. The Hall–Kier alpha value is -1.26. The molecule has 0 saturated heterocycles. The van der Waals surface area contributed by atoms with Crippen molar-refractivity contribution >= 4 is 22.6 Å². The van der Waals surface area contributed by atoms with Gasteiger partial charge in [-0.05, 0) is 18.6 Å². The van der Waals surface area contributed by atoms with E-state index in [4.69, 9.17) is 21.1 Å². The number of alkyl halides is 1. The maximum Gasteiger partial charge on any atom is 0.146 e.